The minimum Gasteiger partial charge on any atom is -0.492 e. The van der Waals surface area contributed by atoms with Gasteiger partial charge in [-0.25, -0.2) is 9.37 Å². The standard InChI is InChI=1S/C24H22FN7O/c1-3-31-13-26-20-18(12-27-28-23(20)31)15-7-8-19(25)17(11-15)16-9-10-32-22(14-5-4-6-14)29-30-24(32)21(16)33-2/h7-14H,3-6H2,1-2H3. The summed E-state index contributed by atoms with van der Waals surface area (Å²) in [6.07, 6.45) is 8.75. The topological polar surface area (TPSA) is 83.0 Å². The number of pyridine rings is 1. The zero-order chi connectivity index (χ0) is 22.5. The summed E-state index contributed by atoms with van der Waals surface area (Å²) in [5.41, 5.74) is 4.65. The van der Waals surface area contributed by atoms with Crippen LogP contribution in [0.3, 0.4) is 0 Å². The van der Waals surface area contributed by atoms with E-state index in [0.29, 0.717) is 34.1 Å². The van der Waals surface area contributed by atoms with Gasteiger partial charge in [0.1, 0.15) is 17.2 Å². The number of aromatic nitrogens is 7. The van der Waals surface area contributed by atoms with Crippen LogP contribution in [0, 0.1) is 5.82 Å². The molecule has 8 nitrogen and oxygen atoms in total. The molecule has 1 fully saturated rings. The van der Waals surface area contributed by atoms with Crippen LogP contribution in [0.4, 0.5) is 4.39 Å². The summed E-state index contributed by atoms with van der Waals surface area (Å²) in [4.78, 5) is 4.52. The van der Waals surface area contributed by atoms with Crippen LogP contribution in [0.5, 0.6) is 5.75 Å². The highest BCUT2D eigenvalue weighted by atomic mass is 19.1. The molecule has 33 heavy (non-hydrogen) atoms. The number of benzene rings is 1. The lowest BCUT2D eigenvalue weighted by molar-refractivity contribution is 0.397. The van der Waals surface area contributed by atoms with Crippen molar-refractivity contribution >= 4 is 16.8 Å². The van der Waals surface area contributed by atoms with Crippen LogP contribution in [-0.4, -0.2) is 41.5 Å². The zero-order valence-electron chi connectivity index (χ0n) is 18.4. The summed E-state index contributed by atoms with van der Waals surface area (Å²) in [6.45, 7) is 2.76. The normalized spacial score (nSPS) is 14.2. The number of imidazole rings is 1. The maximum Gasteiger partial charge on any atom is 0.203 e. The van der Waals surface area contributed by atoms with Crippen LogP contribution in [0.1, 0.15) is 37.9 Å². The molecule has 0 atom stereocenters. The van der Waals surface area contributed by atoms with E-state index in [1.807, 2.05) is 28.2 Å². The first kappa shape index (κ1) is 19.8. The molecule has 6 rings (SSSR count). The third-order valence-corrected chi connectivity index (χ3v) is 6.55. The summed E-state index contributed by atoms with van der Waals surface area (Å²) in [6, 6.07) is 6.86. The molecule has 9 heteroatoms. The highest BCUT2D eigenvalue weighted by Gasteiger charge is 2.26. The Bertz CT molecular complexity index is 1500. The van der Waals surface area contributed by atoms with Gasteiger partial charge in [-0.15, -0.1) is 15.3 Å². The fourth-order valence-electron chi connectivity index (χ4n) is 4.52. The van der Waals surface area contributed by atoms with Crippen molar-refractivity contribution in [1.29, 1.82) is 0 Å². The van der Waals surface area contributed by atoms with Gasteiger partial charge in [-0.05, 0) is 43.5 Å². The Kier molecular flexibility index (Phi) is 4.56. The summed E-state index contributed by atoms with van der Waals surface area (Å²) < 4.78 is 24.7. The van der Waals surface area contributed by atoms with Gasteiger partial charge in [-0.1, -0.05) is 12.5 Å². The zero-order valence-corrected chi connectivity index (χ0v) is 18.4. The molecule has 0 unspecified atom stereocenters. The number of aryl methyl sites for hydroxylation is 1. The molecule has 0 bridgehead atoms. The number of fused-ring (bicyclic) bond motifs is 2. The molecular weight excluding hydrogens is 421 g/mol. The van der Waals surface area contributed by atoms with E-state index in [9.17, 15) is 0 Å². The Labute approximate surface area is 189 Å². The van der Waals surface area contributed by atoms with Crippen molar-refractivity contribution in [2.75, 3.05) is 7.11 Å². The lowest BCUT2D eigenvalue weighted by Crippen LogP contribution is -2.12. The van der Waals surface area contributed by atoms with Crippen molar-refractivity contribution in [2.24, 2.45) is 0 Å². The van der Waals surface area contributed by atoms with Crippen LogP contribution in [0.25, 0.3) is 39.1 Å². The van der Waals surface area contributed by atoms with Crippen molar-refractivity contribution in [2.45, 2.75) is 38.6 Å². The quantitative estimate of drug-likeness (QED) is 0.394. The molecule has 166 valence electrons. The van der Waals surface area contributed by atoms with E-state index < -0.39 is 0 Å². The third-order valence-electron chi connectivity index (χ3n) is 6.55. The average molecular weight is 443 g/mol. The molecule has 5 aromatic rings. The Morgan fingerprint density at radius 2 is 1.94 bits per heavy atom. The van der Waals surface area contributed by atoms with Gasteiger partial charge in [0.25, 0.3) is 0 Å². The number of nitrogens with zero attached hydrogens (tertiary/aromatic N) is 7. The van der Waals surface area contributed by atoms with Gasteiger partial charge >= 0.3 is 0 Å². The van der Waals surface area contributed by atoms with Crippen LogP contribution in [0.2, 0.25) is 0 Å². The molecule has 1 aliphatic rings. The predicted octanol–water partition coefficient (Wildman–Crippen LogP) is 4.64. The molecule has 0 radical (unpaired) electrons. The molecule has 0 aliphatic heterocycles. The molecule has 4 aromatic heterocycles. The number of hydrogen-bond acceptors (Lipinski definition) is 6. The average Bonchev–Trinajstić information content (AvgIpc) is 3.42. The maximum atomic E-state index is 15.1. The summed E-state index contributed by atoms with van der Waals surface area (Å²) in [5.74, 6) is 1.50. The van der Waals surface area contributed by atoms with Gasteiger partial charge in [-0.3, -0.25) is 4.40 Å². The number of hydrogen-bond donors (Lipinski definition) is 0. The van der Waals surface area contributed by atoms with E-state index in [1.54, 1.807) is 31.8 Å². The van der Waals surface area contributed by atoms with Crippen LogP contribution < -0.4 is 4.74 Å². The molecule has 0 amide bonds. The van der Waals surface area contributed by atoms with Crippen LogP contribution in [-0.2, 0) is 6.54 Å². The molecule has 1 aromatic carbocycles. The largest absolute Gasteiger partial charge is 0.492 e. The van der Waals surface area contributed by atoms with Crippen molar-refractivity contribution in [3.05, 3.63) is 54.6 Å². The molecule has 1 saturated carbocycles. The minimum atomic E-state index is -0.350. The minimum absolute atomic E-state index is 0.350. The second-order valence-corrected chi connectivity index (χ2v) is 8.30. The van der Waals surface area contributed by atoms with Gasteiger partial charge in [0.15, 0.2) is 11.4 Å². The van der Waals surface area contributed by atoms with Crippen LogP contribution in [0.15, 0.2) is 43.0 Å². The van der Waals surface area contributed by atoms with Crippen molar-refractivity contribution in [3.8, 4) is 28.0 Å². The second-order valence-electron chi connectivity index (χ2n) is 8.30. The van der Waals surface area contributed by atoms with Crippen molar-refractivity contribution in [3.63, 3.8) is 0 Å². The lowest BCUT2D eigenvalue weighted by atomic mass is 9.85. The van der Waals surface area contributed by atoms with E-state index in [-0.39, 0.29) is 5.82 Å². The number of halogens is 1. The first-order valence-corrected chi connectivity index (χ1v) is 11.1. The van der Waals surface area contributed by atoms with Gasteiger partial charge in [0, 0.05) is 35.3 Å². The second kappa shape index (κ2) is 7.61. The summed E-state index contributed by atoms with van der Waals surface area (Å²) in [5, 5.41) is 17.2. The number of methoxy groups -OCH3 is 1. The Morgan fingerprint density at radius 3 is 2.70 bits per heavy atom. The first-order chi connectivity index (χ1) is 16.2. The van der Waals surface area contributed by atoms with Crippen molar-refractivity contribution < 1.29 is 9.13 Å². The van der Waals surface area contributed by atoms with E-state index in [0.717, 1.165) is 41.9 Å². The maximum absolute atomic E-state index is 15.1. The smallest absolute Gasteiger partial charge is 0.203 e. The lowest BCUT2D eigenvalue weighted by Gasteiger charge is -2.23. The molecule has 4 heterocycles. The Balaban J connectivity index is 1.51. The van der Waals surface area contributed by atoms with Crippen LogP contribution >= 0.6 is 0 Å². The van der Waals surface area contributed by atoms with Gasteiger partial charge in [-0.2, -0.15) is 5.10 Å². The molecular formula is C24H22FN7O. The van der Waals surface area contributed by atoms with E-state index in [1.165, 1.54) is 12.5 Å². The summed E-state index contributed by atoms with van der Waals surface area (Å²) >= 11 is 0. The number of rotatable bonds is 5. The highest BCUT2D eigenvalue weighted by molar-refractivity contribution is 5.91. The van der Waals surface area contributed by atoms with Gasteiger partial charge in [0.2, 0.25) is 5.65 Å². The van der Waals surface area contributed by atoms with E-state index >= 15 is 4.39 Å². The van der Waals surface area contributed by atoms with Crippen molar-refractivity contribution in [1.82, 2.24) is 34.3 Å². The number of ether oxygens (including phenoxy) is 1. The Morgan fingerprint density at radius 1 is 1.06 bits per heavy atom. The van der Waals surface area contributed by atoms with E-state index in [2.05, 4.69) is 25.4 Å². The van der Waals surface area contributed by atoms with E-state index in [4.69, 9.17) is 4.74 Å². The highest BCUT2D eigenvalue weighted by Crippen LogP contribution is 2.40. The molecule has 0 saturated heterocycles. The fourth-order valence-corrected chi connectivity index (χ4v) is 4.52. The Hall–Kier alpha value is -3.88. The van der Waals surface area contributed by atoms with Gasteiger partial charge < -0.3 is 9.30 Å². The molecule has 1 aliphatic carbocycles. The SMILES string of the molecule is CCn1cnc2c(-c3ccc(F)c(-c4ccn5c(C6CCC6)nnc5c4OC)c3)cnnc21. The summed E-state index contributed by atoms with van der Waals surface area (Å²) in [7, 11) is 1.58. The first-order valence-electron chi connectivity index (χ1n) is 11.1. The molecule has 0 N–H and O–H groups in total. The third kappa shape index (κ3) is 2.99. The van der Waals surface area contributed by atoms with Gasteiger partial charge in [0.05, 0.1) is 19.6 Å². The molecule has 0 spiro atoms. The predicted molar refractivity (Wildman–Crippen MR) is 122 cm³/mol. The monoisotopic (exact) mass is 443 g/mol. The fraction of sp³-hybridized carbons (Fsp3) is 0.292.